The van der Waals surface area contributed by atoms with Crippen LogP contribution in [0.3, 0.4) is 0 Å². The standard InChI is InChI=1S/C26H26N4O6/c1-26(2,3)36-24(32)29(4)14-12-22-28-13-15-30(22,25(33)34)20-8-10-21(11-9-20)35-23(31)19-7-5-6-18(16-19)17-27/h5-11,13,15-16H,12,14H2,1-4H3. The number of carbonyl (C=O) groups is 3. The predicted octanol–water partition coefficient (Wildman–Crippen LogP) is 3.57. The number of hydrogen-bond donors (Lipinski definition) is 0. The number of nitriles is 1. The molecule has 0 fully saturated rings. The van der Waals surface area contributed by atoms with Crippen LogP contribution in [0.5, 0.6) is 5.75 Å². The second-order valence-corrected chi connectivity index (χ2v) is 9.06. The van der Waals surface area contributed by atoms with Gasteiger partial charge in [0.05, 0.1) is 29.8 Å². The van der Waals surface area contributed by atoms with E-state index in [1.807, 2.05) is 6.07 Å². The summed E-state index contributed by atoms with van der Waals surface area (Å²) in [4.78, 5) is 42.6. The van der Waals surface area contributed by atoms with Gasteiger partial charge in [0.1, 0.15) is 23.2 Å². The Labute approximate surface area is 208 Å². The summed E-state index contributed by atoms with van der Waals surface area (Å²) in [6.45, 7) is 5.43. The van der Waals surface area contributed by atoms with Gasteiger partial charge in [-0.05, 0) is 51.1 Å². The molecule has 0 saturated carbocycles. The topological polar surface area (TPSA) is 132 Å². The van der Waals surface area contributed by atoms with Crippen LogP contribution < -0.4 is 14.3 Å². The Morgan fingerprint density at radius 3 is 2.44 bits per heavy atom. The summed E-state index contributed by atoms with van der Waals surface area (Å²) in [6.07, 6.45) is 0.914. The number of quaternary nitrogens is 1. The average molecular weight is 491 g/mol. The van der Waals surface area contributed by atoms with Gasteiger partial charge in [0.15, 0.2) is 0 Å². The van der Waals surface area contributed by atoms with Gasteiger partial charge in [-0.15, -0.1) is 0 Å². The van der Waals surface area contributed by atoms with Crippen LogP contribution in [0.2, 0.25) is 0 Å². The third-order valence-corrected chi connectivity index (χ3v) is 5.27. The quantitative estimate of drug-likeness (QED) is 0.343. The van der Waals surface area contributed by atoms with Crippen LogP contribution >= 0.6 is 0 Å². The summed E-state index contributed by atoms with van der Waals surface area (Å²) in [5, 5.41) is 21.3. The molecule has 1 unspecified atom stereocenters. The number of aliphatic imine (C=N–C) groups is 1. The smallest absolute Gasteiger partial charge is 0.410 e. The summed E-state index contributed by atoms with van der Waals surface area (Å²) in [5.41, 5.74) is 0.174. The Morgan fingerprint density at radius 1 is 1.14 bits per heavy atom. The number of rotatable bonds is 6. The maximum absolute atomic E-state index is 12.4. The SMILES string of the molecule is CN(CCC1=NC=C[N+]1(C(=O)[O-])c1ccc(OC(=O)c2cccc(C#N)c2)cc1)C(=O)OC(C)(C)C. The number of carboxylic acid groups (broad SMARTS) is 1. The van der Waals surface area contributed by atoms with Gasteiger partial charge in [-0.1, -0.05) is 6.07 Å². The summed E-state index contributed by atoms with van der Waals surface area (Å²) >= 11 is 0. The van der Waals surface area contributed by atoms with Crippen molar-refractivity contribution in [1.82, 2.24) is 9.38 Å². The molecule has 186 valence electrons. The lowest BCUT2D eigenvalue weighted by molar-refractivity contribution is -0.257. The van der Waals surface area contributed by atoms with Crippen LogP contribution in [0, 0.1) is 11.3 Å². The van der Waals surface area contributed by atoms with Crippen LogP contribution in [0.25, 0.3) is 0 Å². The van der Waals surface area contributed by atoms with Crippen molar-refractivity contribution >= 4 is 29.7 Å². The first-order valence-corrected chi connectivity index (χ1v) is 11.1. The molecule has 10 nitrogen and oxygen atoms in total. The Morgan fingerprint density at radius 2 is 1.83 bits per heavy atom. The molecule has 1 aliphatic rings. The summed E-state index contributed by atoms with van der Waals surface area (Å²) in [7, 11) is 1.56. The summed E-state index contributed by atoms with van der Waals surface area (Å²) in [5.74, 6) is -0.227. The third kappa shape index (κ3) is 5.76. The molecular formula is C26H26N4O6. The zero-order valence-electron chi connectivity index (χ0n) is 20.4. The molecule has 2 amide bonds. The summed E-state index contributed by atoms with van der Waals surface area (Å²) < 4.78 is 9.90. The molecular weight excluding hydrogens is 464 g/mol. The fraction of sp³-hybridized carbons (Fsp3) is 0.269. The molecule has 10 heteroatoms. The minimum absolute atomic E-state index is 0.142. The zero-order chi connectivity index (χ0) is 26.5. The predicted molar refractivity (Wildman–Crippen MR) is 130 cm³/mol. The van der Waals surface area contributed by atoms with Crippen LogP contribution in [-0.2, 0) is 4.74 Å². The van der Waals surface area contributed by atoms with Crippen LogP contribution in [0.1, 0.15) is 43.1 Å². The van der Waals surface area contributed by atoms with Crippen molar-refractivity contribution in [2.45, 2.75) is 32.8 Å². The van der Waals surface area contributed by atoms with E-state index >= 15 is 0 Å². The van der Waals surface area contributed by atoms with Crippen molar-refractivity contribution < 1.29 is 29.0 Å². The number of benzene rings is 2. The number of amides is 2. The highest BCUT2D eigenvalue weighted by Gasteiger charge is 2.41. The van der Waals surface area contributed by atoms with Crippen LogP contribution in [0.4, 0.5) is 15.3 Å². The minimum atomic E-state index is -1.43. The maximum Gasteiger partial charge on any atom is 0.410 e. The highest BCUT2D eigenvalue weighted by atomic mass is 16.6. The number of amidine groups is 1. The van der Waals surface area contributed by atoms with Gasteiger partial charge in [-0.3, -0.25) is 0 Å². The van der Waals surface area contributed by atoms with Gasteiger partial charge in [-0.25, -0.2) is 14.6 Å². The van der Waals surface area contributed by atoms with Crippen molar-refractivity contribution in [3.63, 3.8) is 0 Å². The molecule has 1 aliphatic heterocycles. The largest absolute Gasteiger partial charge is 0.497 e. The van der Waals surface area contributed by atoms with E-state index in [2.05, 4.69) is 4.99 Å². The van der Waals surface area contributed by atoms with E-state index in [-0.39, 0.29) is 30.1 Å². The van der Waals surface area contributed by atoms with E-state index in [9.17, 15) is 19.5 Å². The van der Waals surface area contributed by atoms with Gasteiger partial charge >= 0.3 is 12.1 Å². The van der Waals surface area contributed by atoms with E-state index in [1.165, 1.54) is 53.7 Å². The molecule has 0 saturated heterocycles. The van der Waals surface area contributed by atoms with E-state index < -0.39 is 28.2 Å². The van der Waals surface area contributed by atoms with Crippen molar-refractivity contribution in [3.05, 3.63) is 72.1 Å². The lowest BCUT2D eigenvalue weighted by atomic mass is 10.1. The fourth-order valence-electron chi connectivity index (χ4n) is 3.47. The number of nitrogens with zero attached hydrogens (tertiary/aromatic N) is 4. The van der Waals surface area contributed by atoms with Gasteiger partial charge in [0.2, 0.25) is 5.84 Å². The first kappa shape index (κ1) is 26.1. The third-order valence-electron chi connectivity index (χ3n) is 5.27. The molecule has 1 heterocycles. The van der Waals surface area contributed by atoms with Crippen molar-refractivity contribution in [2.75, 3.05) is 13.6 Å². The van der Waals surface area contributed by atoms with E-state index in [0.29, 0.717) is 11.3 Å². The number of carbonyl (C=O) groups excluding carboxylic acids is 3. The Balaban J connectivity index is 1.75. The van der Waals surface area contributed by atoms with E-state index in [0.717, 1.165) is 0 Å². The van der Waals surface area contributed by atoms with Gasteiger partial charge in [0.25, 0.3) is 6.09 Å². The van der Waals surface area contributed by atoms with Gasteiger partial charge in [-0.2, -0.15) is 9.74 Å². The molecule has 0 aliphatic carbocycles. The number of esters is 1. The normalized spacial score (nSPS) is 16.6. The highest BCUT2D eigenvalue weighted by molar-refractivity contribution is 6.10. The molecule has 3 rings (SSSR count). The average Bonchev–Trinajstić information content (AvgIpc) is 3.27. The molecule has 0 bridgehead atoms. The lowest BCUT2D eigenvalue weighted by Crippen LogP contribution is -2.59. The Hall–Kier alpha value is -4.49. The number of ether oxygens (including phenoxy) is 2. The molecule has 2 aromatic rings. The first-order chi connectivity index (χ1) is 17.0. The molecule has 2 aromatic carbocycles. The van der Waals surface area contributed by atoms with Crippen LogP contribution in [0.15, 0.2) is 65.9 Å². The fourth-order valence-corrected chi connectivity index (χ4v) is 3.47. The van der Waals surface area contributed by atoms with E-state index in [1.54, 1.807) is 40.0 Å². The first-order valence-electron chi connectivity index (χ1n) is 11.1. The van der Waals surface area contributed by atoms with Gasteiger partial charge < -0.3 is 24.3 Å². The Kier molecular flexibility index (Phi) is 7.56. The molecule has 0 aromatic heterocycles. The van der Waals surface area contributed by atoms with E-state index in [4.69, 9.17) is 14.7 Å². The summed E-state index contributed by atoms with van der Waals surface area (Å²) in [6, 6.07) is 14.0. The zero-order valence-corrected chi connectivity index (χ0v) is 20.4. The molecule has 36 heavy (non-hydrogen) atoms. The second-order valence-electron chi connectivity index (χ2n) is 9.06. The minimum Gasteiger partial charge on any atom is -0.497 e. The molecule has 1 atom stereocenters. The van der Waals surface area contributed by atoms with Crippen molar-refractivity contribution in [2.24, 2.45) is 4.99 Å². The maximum atomic E-state index is 12.4. The molecule has 0 radical (unpaired) electrons. The molecule has 0 spiro atoms. The second kappa shape index (κ2) is 10.4. The molecule has 0 N–H and O–H groups in total. The number of hydrogen-bond acceptors (Lipinski definition) is 8. The van der Waals surface area contributed by atoms with Crippen molar-refractivity contribution in [1.29, 1.82) is 5.26 Å². The highest BCUT2D eigenvalue weighted by Crippen LogP contribution is 2.31. The van der Waals surface area contributed by atoms with Gasteiger partial charge in [0, 0.05) is 25.7 Å². The monoisotopic (exact) mass is 490 g/mol. The Bertz CT molecular complexity index is 1270. The van der Waals surface area contributed by atoms with Crippen molar-refractivity contribution in [3.8, 4) is 11.8 Å². The van der Waals surface area contributed by atoms with Crippen LogP contribution in [-0.4, -0.2) is 48.1 Å². The lowest BCUT2D eigenvalue weighted by Gasteiger charge is -2.32.